The Bertz CT molecular complexity index is 308. The predicted molar refractivity (Wildman–Crippen MR) is 49.1 cm³/mol. The van der Waals surface area contributed by atoms with Gasteiger partial charge in [0, 0.05) is 0 Å². The Balaban J connectivity index is 3.07. The zero-order valence-corrected chi connectivity index (χ0v) is 7.33. The van der Waals surface area contributed by atoms with E-state index in [0.29, 0.717) is 11.3 Å². The molecule has 0 heterocycles. The van der Waals surface area contributed by atoms with Gasteiger partial charge in [0.2, 0.25) is 0 Å². The van der Waals surface area contributed by atoms with Crippen LogP contribution in [0.1, 0.15) is 5.56 Å². The Kier molecular flexibility index (Phi) is 3.46. The highest BCUT2D eigenvalue weighted by Gasteiger charge is 2.04. The van der Waals surface area contributed by atoms with Gasteiger partial charge in [0.1, 0.15) is 11.6 Å². The van der Waals surface area contributed by atoms with Crippen molar-refractivity contribution in [3.8, 4) is 5.75 Å². The van der Waals surface area contributed by atoms with Gasteiger partial charge in [0.15, 0.2) is 0 Å². The summed E-state index contributed by atoms with van der Waals surface area (Å²) < 4.78 is 18.1. The number of benzene rings is 1. The second kappa shape index (κ2) is 4.62. The van der Waals surface area contributed by atoms with E-state index in [1.807, 2.05) is 0 Å². The molecule has 3 heteroatoms. The molecule has 0 amide bonds. The van der Waals surface area contributed by atoms with Crippen molar-refractivity contribution < 1.29 is 14.2 Å². The average Bonchev–Trinajstić information content (AvgIpc) is 2.15. The minimum atomic E-state index is -0.357. The third kappa shape index (κ3) is 2.29. The summed E-state index contributed by atoms with van der Waals surface area (Å²) in [4.78, 5) is 0. The number of aliphatic hydroxyl groups is 1. The Morgan fingerprint density at radius 1 is 1.54 bits per heavy atom. The minimum absolute atomic E-state index is 0.114. The number of halogens is 1. The molecule has 0 aliphatic carbocycles. The van der Waals surface area contributed by atoms with E-state index in [2.05, 4.69) is 0 Å². The van der Waals surface area contributed by atoms with E-state index in [1.54, 1.807) is 12.1 Å². The second-order valence-corrected chi connectivity index (χ2v) is 2.44. The molecule has 1 rings (SSSR count). The minimum Gasteiger partial charge on any atom is -0.496 e. The lowest BCUT2D eigenvalue weighted by atomic mass is 10.2. The van der Waals surface area contributed by atoms with Gasteiger partial charge in [0.25, 0.3) is 0 Å². The van der Waals surface area contributed by atoms with E-state index >= 15 is 0 Å². The third-order valence-electron chi connectivity index (χ3n) is 1.62. The van der Waals surface area contributed by atoms with Crippen LogP contribution >= 0.6 is 0 Å². The van der Waals surface area contributed by atoms with E-state index in [0.717, 1.165) is 0 Å². The van der Waals surface area contributed by atoms with Crippen LogP contribution in [0.4, 0.5) is 4.39 Å². The first-order valence-corrected chi connectivity index (χ1v) is 3.89. The van der Waals surface area contributed by atoms with Crippen molar-refractivity contribution in [2.75, 3.05) is 13.7 Å². The van der Waals surface area contributed by atoms with Gasteiger partial charge in [-0.05, 0) is 12.1 Å². The Morgan fingerprint density at radius 3 is 2.92 bits per heavy atom. The maximum absolute atomic E-state index is 13.1. The molecular formula is C10H11FO2. The van der Waals surface area contributed by atoms with Crippen molar-refractivity contribution in [3.63, 3.8) is 0 Å². The summed E-state index contributed by atoms with van der Waals surface area (Å²) in [6, 6.07) is 4.59. The Hall–Kier alpha value is -1.35. The molecule has 0 atom stereocenters. The zero-order chi connectivity index (χ0) is 9.68. The first-order valence-electron chi connectivity index (χ1n) is 3.89. The highest BCUT2D eigenvalue weighted by molar-refractivity contribution is 5.57. The van der Waals surface area contributed by atoms with Crippen molar-refractivity contribution >= 4 is 6.08 Å². The van der Waals surface area contributed by atoms with Gasteiger partial charge in [-0.2, -0.15) is 0 Å². The molecule has 70 valence electrons. The molecule has 0 unspecified atom stereocenters. The van der Waals surface area contributed by atoms with Crippen LogP contribution < -0.4 is 4.74 Å². The summed E-state index contributed by atoms with van der Waals surface area (Å²) in [6.07, 6.45) is 2.95. The third-order valence-corrected chi connectivity index (χ3v) is 1.62. The zero-order valence-electron chi connectivity index (χ0n) is 7.33. The SMILES string of the molecule is COc1cccc(F)c1C=CCO. The molecular weight excluding hydrogens is 171 g/mol. The summed E-state index contributed by atoms with van der Waals surface area (Å²) in [5.74, 6) is 0.105. The normalized spacial score (nSPS) is 10.7. The summed E-state index contributed by atoms with van der Waals surface area (Å²) in [5.41, 5.74) is 0.360. The second-order valence-electron chi connectivity index (χ2n) is 2.44. The number of ether oxygens (including phenoxy) is 1. The molecule has 0 radical (unpaired) electrons. The molecule has 0 saturated heterocycles. The molecule has 0 spiro atoms. The number of hydrogen-bond donors (Lipinski definition) is 1. The summed E-state index contributed by atoms with van der Waals surface area (Å²) >= 11 is 0. The van der Waals surface area contributed by atoms with E-state index in [1.165, 1.54) is 25.3 Å². The van der Waals surface area contributed by atoms with Gasteiger partial charge >= 0.3 is 0 Å². The van der Waals surface area contributed by atoms with Crippen molar-refractivity contribution in [1.29, 1.82) is 0 Å². The van der Waals surface area contributed by atoms with Crippen molar-refractivity contribution in [3.05, 3.63) is 35.7 Å². The van der Waals surface area contributed by atoms with E-state index < -0.39 is 0 Å². The van der Waals surface area contributed by atoms with Gasteiger partial charge in [-0.25, -0.2) is 4.39 Å². The molecule has 13 heavy (non-hydrogen) atoms. The summed E-state index contributed by atoms with van der Waals surface area (Å²) in [7, 11) is 1.48. The Morgan fingerprint density at radius 2 is 2.31 bits per heavy atom. The van der Waals surface area contributed by atoms with Crippen LogP contribution in [-0.2, 0) is 0 Å². The summed E-state index contributed by atoms with van der Waals surface area (Å²) in [6.45, 7) is -0.114. The van der Waals surface area contributed by atoms with E-state index in [9.17, 15) is 4.39 Å². The molecule has 1 N–H and O–H groups in total. The number of methoxy groups -OCH3 is 1. The molecule has 1 aromatic rings. The largest absolute Gasteiger partial charge is 0.496 e. The maximum atomic E-state index is 13.1. The summed E-state index contributed by atoms with van der Waals surface area (Å²) in [5, 5.41) is 8.53. The first kappa shape index (κ1) is 9.74. The molecule has 0 saturated carbocycles. The van der Waals surface area contributed by atoms with Gasteiger partial charge in [0.05, 0.1) is 19.3 Å². The monoisotopic (exact) mass is 182 g/mol. The molecule has 2 nitrogen and oxygen atoms in total. The molecule has 0 fully saturated rings. The molecule has 0 aliphatic heterocycles. The quantitative estimate of drug-likeness (QED) is 0.772. The lowest BCUT2D eigenvalue weighted by Gasteiger charge is -2.04. The van der Waals surface area contributed by atoms with Gasteiger partial charge < -0.3 is 9.84 Å². The molecule has 0 aromatic heterocycles. The van der Waals surface area contributed by atoms with Crippen LogP contribution in [0.5, 0.6) is 5.75 Å². The fraction of sp³-hybridized carbons (Fsp3) is 0.200. The average molecular weight is 182 g/mol. The van der Waals surface area contributed by atoms with Crippen molar-refractivity contribution in [1.82, 2.24) is 0 Å². The number of aliphatic hydroxyl groups excluding tert-OH is 1. The van der Waals surface area contributed by atoms with Crippen LogP contribution in [-0.4, -0.2) is 18.8 Å². The predicted octanol–water partition coefficient (Wildman–Crippen LogP) is 1.84. The van der Waals surface area contributed by atoms with E-state index in [4.69, 9.17) is 9.84 Å². The smallest absolute Gasteiger partial charge is 0.134 e. The number of hydrogen-bond acceptors (Lipinski definition) is 2. The van der Waals surface area contributed by atoms with Gasteiger partial charge in [-0.1, -0.05) is 18.2 Å². The van der Waals surface area contributed by atoms with Crippen LogP contribution in [0, 0.1) is 5.82 Å². The van der Waals surface area contributed by atoms with Gasteiger partial charge in [-0.3, -0.25) is 0 Å². The van der Waals surface area contributed by atoms with Crippen LogP contribution in [0.3, 0.4) is 0 Å². The first-order chi connectivity index (χ1) is 6.29. The highest BCUT2D eigenvalue weighted by atomic mass is 19.1. The van der Waals surface area contributed by atoms with Crippen LogP contribution in [0.25, 0.3) is 6.08 Å². The van der Waals surface area contributed by atoms with E-state index in [-0.39, 0.29) is 12.4 Å². The maximum Gasteiger partial charge on any atom is 0.134 e. The fourth-order valence-electron chi connectivity index (χ4n) is 1.03. The Labute approximate surface area is 76.3 Å². The van der Waals surface area contributed by atoms with Crippen LogP contribution in [0.15, 0.2) is 24.3 Å². The van der Waals surface area contributed by atoms with Crippen LogP contribution in [0.2, 0.25) is 0 Å². The van der Waals surface area contributed by atoms with Gasteiger partial charge in [-0.15, -0.1) is 0 Å². The number of rotatable bonds is 3. The molecule has 0 aliphatic rings. The van der Waals surface area contributed by atoms with Crippen molar-refractivity contribution in [2.24, 2.45) is 0 Å². The highest BCUT2D eigenvalue weighted by Crippen LogP contribution is 2.22. The topological polar surface area (TPSA) is 29.5 Å². The standard InChI is InChI=1S/C10H11FO2/c1-13-10-6-2-5-9(11)8(10)4-3-7-12/h2-6,12H,7H2,1H3. The molecule has 1 aromatic carbocycles. The lowest BCUT2D eigenvalue weighted by molar-refractivity contribution is 0.343. The van der Waals surface area contributed by atoms with Crippen molar-refractivity contribution in [2.45, 2.75) is 0 Å². The fourth-order valence-corrected chi connectivity index (χ4v) is 1.03. The lowest BCUT2D eigenvalue weighted by Crippen LogP contribution is -1.90. The molecule has 0 bridgehead atoms.